The van der Waals surface area contributed by atoms with Crippen LogP contribution < -0.4 is 5.32 Å². The number of carbonyl (C=O) groups excluding carboxylic acids is 1. The fraction of sp³-hybridized carbons (Fsp3) is 0.800. The summed E-state index contributed by atoms with van der Waals surface area (Å²) in [5, 5.41) is 3.43. The minimum atomic E-state index is -0.203. The Morgan fingerprint density at radius 1 is 1.33 bits per heavy atom. The lowest BCUT2D eigenvalue weighted by Crippen LogP contribution is -2.26. The molecule has 1 N–H and O–H groups in total. The minimum Gasteiger partial charge on any atom is -0.466 e. The number of esters is 1. The molecule has 0 atom stereocenters. The maximum atomic E-state index is 11.4. The van der Waals surface area contributed by atoms with E-state index in [0.29, 0.717) is 0 Å². The zero-order valence-electron chi connectivity index (χ0n) is 12.0. The third kappa shape index (κ3) is 5.21. The molecule has 0 bridgehead atoms. The molecule has 0 aromatic heterocycles. The Morgan fingerprint density at radius 3 is 2.56 bits per heavy atom. The Balaban J connectivity index is 2.21. The molecule has 1 fully saturated rings. The van der Waals surface area contributed by atoms with Crippen molar-refractivity contribution in [3.05, 3.63) is 11.6 Å². The van der Waals surface area contributed by atoms with Crippen LogP contribution >= 0.6 is 0 Å². The molecule has 104 valence electrons. The Hall–Kier alpha value is -0.830. The molecule has 0 unspecified atom stereocenters. The van der Waals surface area contributed by atoms with E-state index in [2.05, 4.69) is 12.2 Å². The van der Waals surface area contributed by atoms with E-state index in [-0.39, 0.29) is 5.97 Å². The highest BCUT2D eigenvalue weighted by molar-refractivity contribution is 5.88. The smallest absolute Gasteiger partial charge is 0.333 e. The van der Waals surface area contributed by atoms with Crippen molar-refractivity contribution in [1.82, 2.24) is 5.32 Å². The minimum absolute atomic E-state index is 0.203. The molecule has 0 aromatic rings. The summed E-state index contributed by atoms with van der Waals surface area (Å²) in [5.74, 6) is 1.52. The number of hydrogen-bond acceptors (Lipinski definition) is 3. The molecule has 1 aliphatic rings. The first-order chi connectivity index (χ1) is 8.67. The van der Waals surface area contributed by atoms with Crippen LogP contribution in [-0.4, -0.2) is 26.2 Å². The van der Waals surface area contributed by atoms with Crippen LogP contribution in [0, 0.1) is 11.8 Å². The number of rotatable bonds is 6. The molecule has 0 amide bonds. The largest absolute Gasteiger partial charge is 0.466 e. The van der Waals surface area contributed by atoms with Gasteiger partial charge in [-0.2, -0.15) is 0 Å². The van der Waals surface area contributed by atoms with Crippen LogP contribution in [0.1, 0.15) is 46.0 Å². The van der Waals surface area contributed by atoms with Gasteiger partial charge >= 0.3 is 5.97 Å². The van der Waals surface area contributed by atoms with Crippen molar-refractivity contribution in [2.24, 2.45) is 11.8 Å². The average molecular weight is 253 g/mol. The molecular formula is C15H27NO2. The number of methoxy groups -OCH3 is 1. The van der Waals surface area contributed by atoms with Gasteiger partial charge in [0.25, 0.3) is 0 Å². The molecule has 1 rings (SSSR count). The van der Waals surface area contributed by atoms with Gasteiger partial charge in [0.1, 0.15) is 0 Å². The third-order valence-electron chi connectivity index (χ3n) is 3.89. The summed E-state index contributed by atoms with van der Waals surface area (Å²) >= 11 is 0. The molecule has 0 spiro atoms. The Labute approximate surface area is 111 Å². The first-order valence-corrected chi connectivity index (χ1v) is 7.15. The summed E-state index contributed by atoms with van der Waals surface area (Å²) < 4.78 is 4.73. The fourth-order valence-electron chi connectivity index (χ4n) is 2.52. The maximum Gasteiger partial charge on any atom is 0.333 e. The van der Waals surface area contributed by atoms with Crippen LogP contribution in [-0.2, 0) is 9.53 Å². The quantitative estimate of drug-likeness (QED) is 0.449. The third-order valence-corrected chi connectivity index (χ3v) is 3.89. The molecule has 18 heavy (non-hydrogen) atoms. The second-order valence-corrected chi connectivity index (χ2v) is 5.36. The van der Waals surface area contributed by atoms with Gasteiger partial charge in [-0.05, 0) is 37.6 Å². The summed E-state index contributed by atoms with van der Waals surface area (Å²) in [5.41, 5.74) is 0.766. The van der Waals surface area contributed by atoms with Crippen LogP contribution in [0.3, 0.4) is 0 Å². The van der Waals surface area contributed by atoms with E-state index in [1.165, 1.54) is 32.8 Å². The first-order valence-electron chi connectivity index (χ1n) is 7.15. The van der Waals surface area contributed by atoms with Crippen molar-refractivity contribution in [3.8, 4) is 0 Å². The highest BCUT2D eigenvalue weighted by Gasteiger charge is 2.17. The lowest BCUT2D eigenvalue weighted by Gasteiger charge is -2.26. The van der Waals surface area contributed by atoms with Gasteiger partial charge in [0, 0.05) is 12.1 Å². The van der Waals surface area contributed by atoms with Gasteiger partial charge in [-0.3, -0.25) is 0 Å². The molecule has 3 heteroatoms. The van der Waals surface area contributed by atoms with Crippen LogP contribution in [0.25, 0.3) is 0 Å². The van der Waals surface area contributed by atoms with Crippen LogP contribution in [0.4, 0.5) is 0 Å². The van der Waals surface area contributed by atoms with Crippen LogP contribution in [0.15, 0.2) is 11.6 Å². The van der Waals surface area contributed by atoms with E-state index in [4.69, 9.17) is 4.74 Å². The summed E-state index contributed by atoms with van der Waals surface area (Å²) in [6.45, 7) is 6.16. The van der Waals surface area contributed by atoms with Gasteiger partial charge in [-0.1, -0.05) is 32.8 Å². The normalized spacial score (nSPS) is 24.9. The molecule has 0 aliphatic heterocycles. The van der Waals surface area contributed by atoms with Gasteiger partial charge in [-0.25, -0.2) is 4.79 Å². The average Bonchev–Trinajstić information content (AvgIpc) is 2.40. The van der Waals surface area contributed by atoms with Gasteiger partial charge in [-0.15, -0.1) is 0 Å². The number of hydrogen-bond donors (Lipinski definition) is 1. The topological polar surface area (TPSA) is 38.3 Å². The fourth-order valence-corrected chi connectivity index (χ4v) is 2.52. The van der Waals surface area contributed by atoms with Crippen LogP contribution in [0.5, 0.6) is 0 Å². The Bertz CT molecular complexity index is 278. The van der Waals surface area contributed by atoms with E-state index in [1.54, 1.807) is 0 Å². The van der Waals surface area contributed by atoms with E-state index in [9.17, 15) is 4.79 Å². The Kier molecular flexibility index (Phi) is 7.02. The molecule has 0 saturated heterocycles. The monoisotopic (exact) mass is 253 g/mol. The van der Waals surface area contributed by atoms with Crippen molar-refractivity contribution >= 4 is 5.97 Å². The molecule has 0 heterocycles. The summed E-state index contributed by atoms with van der Waals surface area (Å²) in [6, 6.07) is 0. The van der Waals surface area contributed by atoms with Crippen molar-refractivity contribution in [2.45, 2.75) is 46.0 Å². The lowest BCUT2D eigenvalue weighted by atomic mass is 9.83. The van der Waals surface area contributed by atoms with Gasteiger partial charge in [0.15, 0.2) is 0 Å². The summed E-state index contributed by atoms with van der Waals surface area (Å²) in [7, 11) is 1.43. The van der Waals surface area contributed by atoms with Gasteiger partial charge in [0.05, 0.1) is 7.11 Å². The molecule has 3 nitrogen and oxygen atoms in total. The standard InChI is InChI=1S/C15H27NO2/c1-4-14(15(17)18-3)9-10-16-11-13-7-5-12(2)6-8-13/h9,12-13,16H,4-8,10-11H2,1-3H3. The maximum absolute atomic E-state index is 11.4. The Morgan fingerprint density at radius 2 is 2.00 bits per heavy atom. The molecule has 1 saturated carbocycles. The van der Waals surface area contributed by atoms with Gasteiger partial charge < -0.3 is 10.1 Å². The van der Waals surface area contributed by atoms with Gasteiger partial charge in [0.2, 0.25) is 0 Å². The summed E-state index contributed by atoms with van der Waals surface area (Å²) in [6.07, 6.45) is 8.10. The van der Waals surface area contributed by atoms with Crippen molar-refractivity contribution in [2.75, 3.05) is 20.2 Å². The van der Waals surface area contributed by atoms with E-state index in [0.717, 1.165) is 36.9 Å². The molecular weight excluding hydrogens is 226 g/mol. The second kappa shape index (κ2) is 8.30. The highest BCUT2D eigenvalue weighted by atomic mass is 16.5. The summed E-state index contributed by atoms with van der Waals surface area (Å²) in [4.78, 5) is 11.4. The van der Waals surface area contributed by atoms with Crippen molar-refractivity contribution < 1.29 is 9.53 Å². The zero-order valence-corrected chi connectivity index (χ0v) is 12.0. The van der Waals surface area contributed by atoms with Crippen molar-refractivity contribution in [1.29, 1.82) is 0 Å². The zero-order chi connectivity index (χ0) is 13.4. The molecule has 1 aliphatic carbocycles. The van der Waals surface area contributed by atoms with Crippen molar-refractivity contribution in [3.63, 3.8) is 0 Å². The predicted octanol–water partition coefficient (Wildman–Crippen LogP) is 2.91. The van der Waals surface area contributed by atoms with E-state index >= 15 is 0 Å². The van der Waals surface area contributed by atoms with E-state index < -0.39 is 0 Å². The number of carbonyl (C=O) groups is 1. The molecule has 0 radical (unpaired) electrons. The highest BCUT2D eigenvalue weighted by Crippen LogP contribution is 2.27. The van der Waals surface area contributed by atoms with E-state index in [1.807, 2.05) is 13.0 Å². The predicted molar refractivity (Wildman–Crippen MR) is 74.4 cm³/mol. The second-order valence-electron chi connectivity index (χ2n) is 5.36. The van der Waals surface area contributed by atoms with Crippen LogP contribution in [0.2, 0.25) is 0 Å². The molecule has 0 aromatic carbocycles. The number of nitrogens with one attached hydrogen (secondary N) is 1. The SMILES string of the molecule is CCC(=CCNCC1CCC(C)CC1)C(=O)OC. The first kappa shape index (κ1) is 15.2. The number of ether oxygens (including phenoxy) is 1. The lowest BCUT2D eigenvalue weighted by molar-refractivity contribution is -0.136.